The number of nitrogens with zero attached hydrogens (tertiary/aromatic N) is 2. The average Bonchev–Trinajstić information content (AvgIpc) is 2.96. The molecule has 0 radical (unpaired) electrons. The highest BCUT2D eigenvalue weighted by Gasteiger charge is 2.31. The number of anilines is 2. The molecular weight excluding hydrogens is 633 g/mol. The number of carbonyl (C=O) groups is 1. The predicted molar refractivity (Wildman–Crippen MR) is 171 cm³/mol. The van der Waals surface area contributed by atoms with Crippen molar-refractivity contribution in [3.05, 3.63) is 78.4 Å². The molecule has 4 rings (SSSR count). The highest BCUT2D eigenvalue weighted by atomic mass is 35.5. The molecule has 0 saturated carbocycles. The number of sulfonamides is 1. The van der Waals surface area contributed by atoms with E-state index in [2.05, 4.69) is 19.7 Å². The minimum atomic E-state index is -4.77. The lowest BCUT2D eigenvalue weighted by atomic mass is 10.0. The molecule has 0 aliphatic carbocycles. The minimum absolute atomic E-state index is 0. The predicted octanol–water partition coefficient (Wildman–Crippen LogP) is 7.15. The summed E-state index contributed by atoms with van der Waals surface area (Å²) in [7, 11) is -3.34. The summed E-state index contributed by atoms with van der Waals surface area (Å²) in [6.45, 7) is 4.81. The number of benzene rings is 3. The SMILES string of the molecule is CCCCN(C(=O)NC1CCN(Cc2ccc(Oc3ccc(NS(C)(=O)=O)cc3)cc2)CC1)c1ccc(OC(F)(F)F)cc1.Cl. The molecule has 0 unspecified atom stereocenters. The van der Waals surface area contributed by atoms with E-state index in [0.717, 1.165) is 57.1 Å². The monoisotopic (exact) mass is 670 g/mol. The van der Waals surface area contributed by atoms with Crippen molar-refractivity contribution in [2.75, 3.05) is 35.5 Å². The topological polar surface area (TPSA) is 100 Å². The Labute approximate surface area is 268 Å². The summed E-state index contributed by atoms with van der Waals surface area (Å²) >= 11 is 0. The van der Waals surface area contributed by atoms with E-state index in [1.807, 2.05) is 31.2 Å². The zero-order valence-electron chi connectivity index (χ0n) is 25.0. The number of amides is 2. The number of unbranched alkanes of at least 4 members (excludes halogenated alkanes) is 1. The van der Waals surface area contributed by atoms with Crippen LogP contribution in [-0.4, -0.2) is 57.6 Å². The molecule has 0 spiro atoms. The van der Waals surface area contributed by atoms with E-state index in [0.29, 0.717) is 29.4 Å². The van der Waals surface area contributed by atoms with Crippen LogP contribution in [0.25, 0.3) is 0 Å². The smallest absolute Gasteiger partial charge is 0.457 e. The fourth-order valence-corrected chi connectivity index (χ4v) is 5.41. The Morgan fingerprint density at radius 3 is 2.02 bits per heavy atom. The summed E-state index contributed by atoms with van der Waals surface area (Å²) in [6, 6.07) is 19.5. The number of piperidine rings is 1. The summed E-state index contributed by atoms with van der Waals surface area (Å²) in [5.74, 6) is 0.915. The second-order valence-corrected chi connectivity index (χ2v) is 12.4. The Balaban J connectivity index is 0.00000552. The summed E-state index contributed by atoms with van der Waals surface area (Å²) in [4.78, 5) is 17.1. The quantitative estimate of drug-likeness (QED) is 0.212. The van der Waals surface area contributed by atoms with E-state index in [4.69, 9.17) is 4.74 Å². The van der Waals surface area contributed by atoms with Gasteiger partial charge in [-0.15, -0.1) is 25.6 Å². The second kappa shape index (κ2) is 16.1. The van der Waals surface area contributed by atoms with E-state index < -0.39 is 16.4 Å². The summed E-state index contributed by atoms with van der Waals surface area (Å²) in [6.07, 6.45) is -0.510. The van der Waals surface area contributed by atoms with Crippen molar-refractivity contribution >= 4 is 39.8 Å². The van der Waals surface area contributed by atoms with Gasteiger partial charge in [0.05, 0.1) is 6.26 Å². The van der Waals surface area contributed by atoms with Crippen LogP contribution in [0.3, 0.4) is 0 Å². The van der Waals surface area contributed by atoms with Crippen molar-refractivity contribution in [1.82, 2.24) is 10.2 Å². The van der Waals surface area contributed by atoms with Crippen LogP contribution in [0.1, 0.15) is 38.2 Å². The Bertz CT molecular complexity index is 1470. The normalized spacial score (nSPS) is 14.2. The van der Waals surface area contributed by atoms with Gasteiger partial charge in [-0.25, -0.2) is 13.2 Å². The Morgan fingerprint density at radius 2 is 1.49 bits per heavy atom. The maximum Gasteiger partial charge on any atom is 0.573 e. The van der Waals surface area contributed by atoms with Crippen LogP contribution in [0.15, 0.2) is 72.8 Å². The number of carbonyl (C=O) groups excluding carboxylic acids is 1. The van der Waals surface area contributed by atoms with Crippen LogP contribution in [0, 0.1) is 0 Å². The van der Waals surface area contributed by atoms with Gasteiger partial charge in [0.25, 0.3) is 0 Å². The van der Waals surface area contributed by atoms with E-state index in [-0.39, 0.29) is 30.2 Å². The molecule has 9 nitrogen and oxygen atoms in total. The van der Waals surface area contributed by atoms with Gasteiger partial charge in [-0.05, 0) is 85.5 Å². The van der Waals surface area contributed by atoms with E-state index in [1.165, 1.54) is 24.3 Å². The van der Waals surface area contributed by atoms with Crippen LogP contribution in [0.5, 0.6) is 17.2 Å². The molecule has 1 fully saturated rings. The van der Waals surface area contributed by atoms with Gasteiger partial charge in [0.15, 0.2) is 0 Å². The van der Waals surface area contributed by atoms with Crippen molar-refractivity contribution in [1.29, 1.82) is 0 Å². The first-order valence-electron chi connectivity index (χ1n) is 14.4. The van der Waals surface area contributed by atoms with Gasteiger partial charge in [0.1, 0.15) is 17.2 Å². The second-order valence-electron chi connectivity index (χ2n) is 10.7. The molecule has 0 bridgehead atoms. The Kier molecular flexibility index (Phi) is 12.8. The van der Waals surface area contributed by atoms with Crippen LogP contribution in [-0.2, 0) is 16.6 Å². The fraction of sp³-hybridized carbons (Fsp3) is 0.387. The number of likely N-dealkylation sites (tertiary alicyclic amines) is 1. The lowest BCUT2D eigenvalue weighted by Gasteiger charge is -2.34. The summed E-state index contributed by atoms with van der Waals surface area (Å²) < 4.78 is 72.5. The van der Waals surface area contributed by atoms with Crippen molar-refractivity contribution in [2.45, 2.75) is 51.6 Å². The van der Waals surface area contributed by atoms with Crippen LogP contribution >= 0.6 is 12.4 Å². The number of rotatable bonds is 12. The lowest BCUT2D eigenvalue weighted by molar-refractivity contribution is -0.274. The van der Waals surface area contributed by atoms with Gasteiger partial charge in [-0.2, -0.15) is 0 Å². The number of nitrogens with one attached hydrogen (secondary N) is 2. The Hall–Kier alpha value is -3.68. The zero-order valence-corrected chi connectivity index (χ0v) is 26.7. The van der Waals surface area contributed by atoms with Gasteiger partial charge in [0.2, 0.25) is 10.0 Å². The first kappa shape index (κ1) is 35.8. The zero-order chi connectivity index (χ0) is 31.7. The first-order chi connectivity index (χ1) is 20.9. The van der Waals surface area contributed by atoms with Crippen LogP contribution in [0.2, 0.25) is 0 Å². The molecule has 0 atom stereocenters. The van der Waals surface area contributed by atoms with E-state index in [1.54, 1.807) is 29.2 Å². The van der Waals surface area contributed by atoms with Crippen LogP contribution in [0.4, 0.5) is 29.3 Å². The van der Waals surface area contributed by atoms with Gasteiger partial charge >= 0.3 is 12.4 Å². The third kappa shape index (κ3) is 12.0. The first-order valence-corrected chi connectivity index (χ1v) is 16.3. The molecule has 2 amide bonds. The molecule has 1 heterocycles. The molecule has 1 aliphatic rings. The van der Waals surface area contributed by atoms with Crippen LogP contribution < -0.4 is 24.4 Å². The fourth-order valence-electron chi connectivity index (χ4n) is 4.84. The number of ether oxygens (including phenoxy) is 2. The Morgan fingerprint density at radius 1 is 0.933 bits per heavy atom. The van der Waals surface area contributed by atoms with Crippen molar-refractivity contribution in [2.24, 2.45) is 0 Å². The molecule has 14 heteroatoms. The van der Waals surface area contributed by atoms with Gasteiger partial charge in [-0.3, -0.25) is 14.5 Å². The molecule has 3 aromatic rings. The maximum absolute atomic E-state index is 13.2. The minimum Gasteiger partial charge on any atom is -0.457 e. The largest absolute Gasteiger partial charge is 0.573 e. The molecule has 0 aromatic heterocycles. The van der Waals surface area contributed by atoms with Crippen molar-refractivity contribution in [3.8, 4) is 17.2 Å². The molecule has 45 heavy (non-hydrogen) atoms. The molecule has 3 aromatic carbocycles. The molecule has 2 N–H and O–H groups in total. The summed E-state index contributed by atoms with van der Waals surface area (Å²) in [5.41, 5.74) is 2.09. The third-order valence-corrected chi connectivity index (χ3v) is 7.61. The average molecular weight is 671 g/mol. The standard InChI is InChI=1S/C31H37F3N4O5S.ClH/c1-3-4-19-38(26-9-15-29(16-10-26)43-31(32,33)34)30(39)35-24-17-20-37(21-18-24)22-23-5-11-27(12-6-23)42-28-13-7-25(8-14-28)36-44(2,40)41;/h5-16,24,36H,3-4,17-22H2,1-2H3,(H,35,39);1H. The third-order valence-electron chi connectivity index (χ3n) is 7.00. The number of hydrogen-bond acceptors (Lipinski definition) is 6. The van der Waals surface area contributed by atoms with Gasteiger partial charge < -0.3 is 14.8 Å². The van der Waals surface area contributed by atoms with Gasteiger partial charge in [-0.1, -0.05) is 25.5 Å². The van der Waals surface area contributed by atoms with Crippen molar-refractivity contribution in [3.63, 3.8) is 0 Å². The van der Waals surface area contributed by atoms with Gasteiger partial charge in [0, 0.05) is 43.6 Å². The summed E-state index contributed by atoms with van der Waals surface area (Å²) in [5, 5.41) is 3.11. The molecule has 1 aliphatic heterocycles. The number of hydrogen-bond donors (Lipinski definition) is 2. The molecular formula is C31H38ClF3N4O5S. The highest BCUT2D eigenvalue weighted by Crippen LogP contribution is 2.27. The number of alkyl halides is 3. The van der Waals surface area contributed by atoms with E-state index in [9.17, 15) is 26.4 Å². The number of halogens is 4. The van der Waals surface area contributed by atoms with E-state index >= 15 is 0 Å². The number of urea groups is 1. The maximum atomic E-state index is 13.2. The molecule has 246 valence electrons. The van der Waals surface area contributed by atoms with Crippen molar-refractivity contribution < 1.29 is 35.9 Å². The lowest BCUT2D eigenvalue weighted by Crippen LogP contribution is -2.49. The molecule has 1 saturated heterocycles. The highest BCUT2D eigenvalue weighted by molar-refractivity contribution is 7.92.